The minimum absolute atomic E-state index is 0.136. The number of nitrogens with one attached hydrogen (secondary N) is 2. The SMILES string of the molecule is CC1=C(C(=O)OC(C(F)(F)F)C(F)(F)F)C(c2ccoc2)NC(=O)N1. The molecular formula is C13H10F6N2O4. The van der Waals surface area contributed by atoms with Gasteiger partial charge in [0.1, 0.15) is 0 Å². The Morgan fingerprint density at radius 3 is 2.32 bits per heavy atom. The molecule has 0 spiro atoms. The lowest BCUT2D eigenvalue weighted by atomic mass is 9.98. The van der Waals surface area contributed by atoms with Crippen LogP contribution in [-0.2, 0) is 9.53 Å². The molecule has 0 aromatic carbocycles. The van der Waals surface area contributed by atoms with Crippen molar-refractivity contribution in [2.24, 2.45) is 0 Å². The predicted octanol–water partition coefficient (Wildman–Crippen LogP) is 2.94. The van der Waals surface area contributed by atoms with Gasteiger partial charge in [-0.3, -0.25) is 0 Å². The highest BCUT2D eigenvalue weighted by atomic mass is 19.4. The number of carbonyl (C=O) groups is 2. The van der Waals surface area contributed by atoms with Gasteiger partial charge in [-0.15, -0.1) is 0 Å². The number of ether oxygens (including phenoxy) is 1. The normalized spacial score (nSPS) is 18.9. The zero-order valence-electron chi connectivity index (χ0n) is 12.3. The number of esters is 1. The molecule has 12 heteroatoms. The second-order valence-electron chi connectivity index (χ2n) is 5.00. The molecule has 1 atom stereocenters. The van der Waals surface area contributed by atoms with E-state index in [0.717, 1.165) is 19.5 Å². The van der Waals surface area contributed by atoms with Crippen molar-refractivity contribution in [3.8, 4) is 0 Å². The van der Waals surface area contributed by atoms with Crippen molar-refractivity contribution in [3.05, 3.63) is 35.4 Å². The fraction of sp³-hybridized carbons (Fsp3) is 0.385. The topological polar surface area (TPSA) is 80.6 Å². The quantitative estimate of drug-likeness (QED) is 0.632. The Bertz CT molecular complexity index is 678. The van der Waals surface area contributed by atoms with Crippen molar-refractivity contribution in [3.63, 3.8) is 0 Å². The van der Waals surface area contributed by atoms with E-state index in [1.165, 1.54) is 6.07 Å². The molecule has 2 N–H and O–H groups in total. The van der Waals surface area contributed by atoms with Crippen molar-refractivity contribution < 1.29 is 45.1 Å². The highest BCUT2D eigenvalue weighted by molar-refractivity contribution is 5.95. The average Bonchev–Trinajstić information content (AvgIpc) is 2.95. The Morgan fingerprint density at radius 1 is 1.24 bits per heavy atom. The molecule has 0 saturated carbocycles. The van der Waals surface area contributed by atoms with Gasteiger partial charge in [-0.25, -0.2) is 9.59 Å². The molecule has 1 aromatic heterocycles. The minimum atomic E-state index is -5.85. The molecule has 1 aromatic rings. The van der Waals surface area contributed by atoms with Crippen molar-refractivity contribution in [2.75, 3.05) is 0 Å². The third-order valence-electron chi connectivity index (χ3n) is 3.19. The van der Waals surface area contributed by atoms with E-state index in [4.69, 9.17) is 4.42 Å². The van der Waals surface area contributed by atoms with Crippen LogP contribution in [0.4, 0.5) is 31.1 Å². The summed E-state index contributed by atoms with van der Waals surface area (Å²) >= 11 is 0. The molecule has 1 aliphatic rings. The number of allylic oxidation sites excluding steroid dienone is 1. The lowest BCUT2D eigenvalue weighted by molar-refractivity contribution is -0.312. The Morgan fingerprint density at radius 2 is 1.84 bits per heavy atom. The third kappa shape index (κ3) is 4.06. The van der Waals surface area contributed by atoms with Crippen LogP contribution in [0.5, 0.6) is 0 Å². The van der Waals surface area contributed by atoms with Crippen LogP contribution in [0.1, 0.15) is 18.5 Å². The Kier molecular flexibility index (Phi) is 4.73. The maximum absolute atomic E-state index is 12.6. The highest BCUT2D eigenvalue weighted by Gasteiger charge is 2.60. The smallest absolute Gasteiger partial charge is 0.434 e. The highest BCUT2D eigenvalue weighted by Crippen LogP contribution is 2.37. The molecule has 0 saturated heterocycles. The summed E-state index contributed by atoms with van der Waals surface area (Å²) in [5.74, 6) is -1.88. The van der Waals surface area contributed by atoms with Crippen LogP contribution in [0.3, 0.4) is 0 Å². The zero-order chi connectivity index (χ0) is 19.0. The minimum Gasteiger partial charge on any atom is -0.472 e. The molecule has 0 aliphatic carbocycles. The van der Waals surface area contributed by atoms with Crippen LogP contribution in [-0.4, -0.2) is 30.5 Å². The van der Waals surface area contributed by atoms with E-state index < -0.39 is 42.1 Å². The maximum atomic E-state index is 12.6. The van der Waals surface area contributed by atoms with Crippen LogP contribution in [0, 0.1) is 0 Å². The van der Waals surface area contributed by atoms with E-state index >= 15 is 0 Å². The summed E-state index contributed by atoms with van der Waals surface area (Å²) in [5.41, 5.74) is -0.723. The van der Waals surface area contributed by atoms with Gasteiger partial charge in [-0.05, 0) is 13.0 Å². The van der Waals surface area contributed by atoms with Gasteiger partial charge < -0.3 is 19.8 Å². The molecule has 6 nitrogen and oxygen atoms in total. The molecule has 2 rings (SSSR count). The van der Waals surface area contributed by atoms with Crippen molar-refractivity contribution >= 4 is 12.0 Å². The summed E-state index contributed by atoms with van der Waals surface area (Å²) in [6.45, 7) is 1.14. The van der Waals surface area contributed by atoms with E-state index in [1.54, 1.807) is 0 Å². The molecule has 2 amide bonds. The van der Waals surface area contributed by atoms with Crippen molar-refractivity contribution in [1.29, 1.82) is 0 Å². The van der Waals surface area contributed by atoms with Gasteiger partial charge in [0.2, 0.25) is 0 Å². The Hall–Kier alpha value is -2.66. The van der Waals surface area contributed by atoms with Crippen LogP contribution in [0.25, 0.3) is 0 Å². The number of alkyl halides is 6. The number of furan rings is 1. The van der Waals surface area contributed by atoms with Crippen molar-refractivity contribution in [1.82, 2.24) is 10.6 Å². The van der Waals surface area contributed by atoms with Gasteiger partial charge in [0.15, 0.2) is 0 Å². The number of carbonyl (C=O) groups excluding carboxylic acids is 2. The molecular weight excluding hydrogens is 362 g/mol. The Balaban J connectivity index is 2.37. The monoisotopic (exact) mass is 372 g/mol. The summed E-state index contributed by atoms with van der Waals surface area (Å²) in [6, 6.07) is -0.854. The lowest BCUT2D eigenvalue weighted by Gasteiger charge is -2.29. The molecule has 0 radical (unpaired) electrons. The van der Waals surface area contributed by atoms with Crippen LogP contribution in [0.15, 0.2) is 34.3 Å². The predicted molar refractivity (Wildman–Crippen MR) is 67.8 cm³/mol. The fourth-order valence-corrected chi connectivity index (χ4v) is 2.14. The maximum Gasteiger partial charge on any atom is 0.434 e. The van der Waals surface area contributed by atoms with E-state index in [-0.39, 0.29) is 11.3 Å². The van der Waals surface area contributed by atoms with Crippen LogP contribution >= 0.6 is 0 Å². The average molecular weight is 372 g/mol. The number of amides is 2. The molecule has 1 aliphatic heterocycles. The number of hydrogen-bond donors (Lipinski definition) is 2. The van der Waals surface area contributed by atoms with Gasteiger partial charge in [-0.2, -0.15) is 26.3 Å². The van der Waals surface area contributed by atoms with Gasteiger partial charge in [0.05, 0.1) is 24.1 Å². The van der Waals surface area contributed by atoms with Crippen LogP contribution in [0.2, 0.25) is 0 Å². The fourth-order valence-electron chi connectivity index (χ4n) is 2.14. The molecule has 25 heavy (non-hydrogen) atoms. The van der Waals surface area contributed by atoms with Gasteiger partial charge in [0, 0.05) is 11.3 Å². The summed E-state index contributed by atoms with van der Waals surface area (Å²) in [5, 5.41) is 4.29. The third-order valence-corrected chi connectivity index (χ3v) is 3.19. The molecule has 0 bridgehead atoms. The standard InChI is InChI=1S/C13H10F6N2O4/c1-5-7(8(21-11(23)20-5)6-2-3-24-4-6)9(22)25-10(12(14,15)16)13(17,18)19/h2-4,8,10H,1H3,(H2,20,21,23). The van der Waals surface area contributed by atoms with Gasteiger partial charge in [0.25, 0.3) is 6.10 Å². The first-order valence-corrected chi connectivity index (χ1v) is 6.56. The molecule has 0 fully saturated rings. The number of halogens is 6. The van der Waals surface area contributed by atoms with Gasteiger partial charge >= 0.3 is 24.4 Å². The molecule has 138 valence electrons. The lowest BCUT2D eigenvalue weighted by Crippen LogP contribution is -2.49. The first-order valence-electron chi connectivity index (χ1n) is 6.56. The number of urea groups is 1. The first-order chi connectivity index (χ1) is 11.4. The number of hydrogen-bond acceptors (Lipinski definition) is 4. The largest absolute Gasteiger partial charge is 0.472 e. The number of rotatable bonds is 3. The van der Waals surface area contributed by atoms with E-state index in [1.807, 2.05) is 0 Å². The first kappa shape index (κ1) is 18.7. The zero-order valence-corrected chi connectivity index (χ0v) is 12.3. The van der Waals surface area contributed by atoms with E-state index in [9.17, 15) is 35.9 Å². The Labute approximate surface area is 135 Å². The van der Waals surface area contributed by atoms with Gasteiger partial charge in [-0.1, -0.05) is 0 Å². The van der Waals surface area contributed by atoms with E-state index in [0.29, 0.717) is 0 Å². The summed E-state index contributed by atoms with van der Waals surface area (Å²) in [6.07, 6.45) is -13.8. The summed E-state index contributed by atoms with van der Waals surface area (Å²) in [7, 11) is 0. The van der Waals surface area contributed by atoms with E-state index in [2.05, 4.69) is 15.4 Å². The van der Waals surface area contributed by atoms with Crippen molar-refractivity contribution in [2.45, 2.75) is 31.4 Å². The molecule has 1 unspecified atom stereocenters. The second-order valence-corrected chi connectivity index (χ2v) is 5.00. The summed E-state index contributed by atoms with van der Waals surface area (Å²) < 4.78 is 83.8. The summed E-state index contributed by atoms with van der Waals surface area (Å²) in [4.78, 5) is 23.5. The molecule has 2 heterocycles. The second kappa shape index (κ2) is 6.33. The van der Waals surface area contributed by atoms with Crippen LogP contribution < -0.4 is 10.6 Å².